The largest absolute Gasteiger partial charge is 0.481 e. The van der Waals surface area contributed by atoms with E-state index >= 15 is 0 Å². The van der Waals surface area contributed by atoms with Crippen molar-refractivity contribution in [1.82, 2.24) is 4.90 Å². The Balaban J connectivity index is 2.52. The lowest BCUT2D eigenvalue weighted by Crippen LogP contribution is -2.56. The van der Waals surface area contributed by atoms with Gasteiger partial charge in [-0.25, -0.2) is 4.39 Å². The fourth-order valence-electron chi connectivity index (χ4n) is 2.51. The van der Waals surface area contributed by atoms with Gasteiger partial charge in [0.1, 0.15) is 11.2 Å². The summed E-state index contributed by atoms with van der Waals surface area (Å²) in [6.45, 7) is 0.189. The summed E-state index contributed by atoms with van der Waals surface area (Å²) in [5.74, 6) is -1.37. The second-order valence-corrected chi connectivity index (χ2v) is 5.90. The predicted molar refractivity (Wildman–Crippen MR) is 71.4 cm³/mol. The van der Waals surface area contributed by atoms with Crippen LogP contribution in [0.5, 0.6) is 0 Å². The molecule has 1 aromatic carbocycles. The molecule has 0 amide bonds. The molecule has 6 heteroatoms. The van der Waals surface area contributed by atoms with Crippen molar-refractivity contribution < 1.29 is 19.0 Å². The van der Waals surface area contributed by atoms with Crippen molar-refractivity contribution in [2.24, 2.45) is 5.41 Å². The third-order valence-corrected chi connectivity index (χ3v) is 3.93. The van der Waals surface area contributed by atoms with Crippen LogP contribution in [0, 0.1) is 11.2 Å². The molecule has 1 fully saturated rings. The van der Waals surface area contributed by atoms with E-state index in [1.54, 1.807) is 31.1 Å². The molecule has 1 aliphatic rings. The van der Waals surface area contributed by atoms with Gasteiger partial charge in [-0.05, 0) is 32.3 Å². The third-order valence-electron chi connectivity index (χ3n) is 3.44. The molecule has 1 unspecified atom stereocenters. The number of ether oxygens (including phenoxy) is 1. The second-order valence-electron chi connectivity index (χ2n) is 4.99. The zero-order chi connectivity index (χ0) is 14.2. The summed E-state index contributed by atoms with van der Waals surface area (Å²) < 4.78 is 19.9. The van der Waals surface area contributed by atoms with E-state index in [1.807, 2.05) is 0 Å². The minimum absolute atomic E-state index is 0.0944. The highest BCUT2D eigenvalue weighted by Crippen LogP contribution is 2.44. The van der Waals surface area contributed by atoms with Gasteiger partial charge in [0.2, 0.25) is 0 Å². The Bertz CT molecular complexity index is 503. The molecular weight excluding hydrogens is 317 g/mol. The zero-order valence-electron chi connectivity index (χ0n) is 10.7. The van der Waals surface area contributed by atoms with E-state index in [0.717, 1.165) is 4.47 Å². The number of hydrogen-bond donors (Lipinski definition) is 1. The minimum Gasteiger partial charge on any atom is -0.481 e. The molecule has 0 aliphatic carbocycles. The minimum atomic E-state index is -1.09. The molecule has 0 saturated carbocycles. The average Bonchev–Trinajstić information content (AvgIpc) is 2.26. The quantitative estimate of drug-likeness (QED) is 0.919. The summed E-state index contributed by atoms with van der Waals surface area (Å²) in [5, 5.41) is 9.48. The molecule has 4 nitrogen and oxygen atoms in total. The van der Waals surface area contributed by atoms with Crippen molar-refractivity contribution in [2.45, 2.75) is 6.04 Å². The summed E-state index contributed by atoms with van der Waals surface area (Å²) in [6.07, 6.45) is 0. The normalized spacial score (nSPS) is 19.0. The lowest BCUT2D eigenvalue weighted by atomic mass is 9.74. The summed E-state index contributed by atoms with van der Waals surface area (Å²) in [5.41, 5.74) is -0.726. The van der Waals surface area contributed by atoms with E-state index in [9.17, 15) is 14.3 Å². The van der Waals surface area contributed by atoms with E-state index in [1.165, 1.54) is 6.07 Å². The number of nitrogens with zero attached hydrogens (tertiary/aromatic N) is 1. The van der Waals surface area contributed by atoms with Crippen LogP contribution >= 0.6 is 15.9 Å². The van der Waals surface area contributed by atoms with Crippen LogP contribution in [0.2, 0.25) is 0 Å². The fraction of sp³-hybridized carbons (Fsp3) is 0.462. The molecule has 0 radical (unpaired) electrons. The van der Waals surface area contributed by atoms with Gasteiger partial charge in [0.15, 0.2) is 0 Å². The van der Waals surface area contributed by atoms with Gasteiger partial charge in [-0.15, -0.1) is 0 Å². The van der Waals surface area contributed by atoms with Crippen molar-refractivity contribution in [3.05, 3.63) is 34.1 Å². The molecule has 1 aliphatic heterocycles. The molecule has 1 saturated heterocycles. The Morgan fingerprint density at radius 1 is 1.53 bits per heavy atom. The van der Waals surface area contributed by atoms with E-state index < -0.39 is 23.2 Å². The maximum Gasteiger partial charge on any atom is 0.316 e. The van der Waals surface area contributed by atoms with Crippen LogP contribution in [0.4, 0.5) is 4.39 Å². The molecule has 1 aromatic rings. The van der Waals surface area contributed by atoms with Crippen molar-refractivity contribution >= 4 is 21.9 Å². The van der Waals surface area contributed by atoms with Crippen LogP contribution in [0.3, 0.4) is 0 Å². The Morgan fingerprint density at radius 3 is 2.58 bits per heavy atom. The topological polar surface area (TPSA) is 49.8 Å². The summed E-state index contributed by atoms with van der Waals surface area (Å²) in [6, 6.07) is 3.99. The summed E-state index contributed by atoms with van der Waals surface area (Å²) in [7, 11) is 3.49. The van der Waals surface area contributed by atoms with Crippen LogP contribution < -0.4 is 0 Å². The lowest BCUT2D eigenvalue weighted by molar-refractivity contribution is -0.194. The lowest BCUT2D eigenvalue weighted by Gasteiger charge is -2.46. The van der Waals surface area contributed by atoms with Crippen LogP contribution in [0.15, 0.2) is 22.7 Å². The number of carboxylic acids is 1. The Kier molecular flexibility index (Phi) is 3.94. The van der Waals surface area contributed by atoms with Gasteiger partial charge >= 0.3 is 5.97 Å². The predicted octanol–water partition coefficient (Wildman–Crippen LogP) is 2.29. The molecular formula is C13H15BrFNO3. The number of carbonyl (C=O) groups is 1. The van der Waals surface area contributed by atoms with Gasteiger partial charge < -0.3 is 14.7 Å². The average molecular weight is 332 g/mol. The molecule has 104 valence electrons. The van der Waals surface area contributed by atoms with Crippen molar-refractivity contribution in [3.8, 4) is 0 Å². The van der Waals surface area contributed by atoms with Crippen molar-refractivity contribution in [2.75, 3.05) is 27.3 Å². The second kappa shape index (κ2) is 5.19. The van der Waals surface area contributed by atoms with Crippen LogP contribution in [0.1, 0.15) is 11.6 Å². The number of benzene rings is 1. The first-order valence-electron chi connectivity index (χ1n) is 5.81. The van der Waals surface area contributed by atoms with Gasteiger partial charge in [0, 0.05) is 10.0 Å². The van der Waals surface area contributed by atoms with Gasteiger partial charge in [-0.2, -0.15) is 0 Å². The molecule has 1 atom stereocenters. The highest BCUT2D eigenvalue weighted by molar-refractivity contribution is 9.10. The molecule has 0 spiro atoms. The van der Waals surface area contributed by atoms with Crippen molar-refractivity contribution in [3.63, 3.8) is 0 Å². The molecule has 1 N–H and O–H groups in total. The monoisotopic (exact) mass is 331 g/mol. The van der Waals surface area contributed by atoms with Crippen molar-refractivity contribution in [1.29, 1.82) is 0 Å². The molecule has 2 rings (SSSR count). The van der Waals surface area contributed by atoms with Crippen LogP contribution in [0.25, 0.3) is 0 Å². The third kappa shape index (κ3) is 2.40. The van der Waals surface area contributed by atoms with Gasteiger partial charge in [-0.3, -0.25) is 4.79 Å². The first kappa shape index (κ1) is 14.4. The van der Waals surface area contributed by atoms with Gasteiger partial charge in [0.05, 0.1) is 19.3 Å². The fourth-order valence-corrected chi connectivity index (χ4v) is 2.89. The molecule has 19 heavy (non-hydrogen) atoms. The van der Waals surface area contributed by atoms with Gasteiger partial charge in [0.25, 0.3) is 0 Å². The maximum absolute atomic E-state index is 14.1. The first-order chi connectivity index (χ1) is 8.88. The highest BCUT2D eigenvalue weighted by atomic mass is 79.9. The molecule has 0 bridgehead atoms. The number of aliphatic carboxylic acids is 1. The molecule has 0 aromatic heterocycles. The van der Waals surface area contributed by atoms with Crippen LogP contribution in [-0.2, 0) is 9.53 Å². The maximum atomic E-state index is 14.1. The Hall–Kier alpha value is -0.980. The van der Waals surface area contributed by atoms with E-state index in [4.69, 9.17) is 4.74 Å². The van der Waals surface area contributed by atoms with E-state index in [-0.39, 0.29) is 13.2 Å². The van der Waals surface area contributed by atoms with Gasteiger partial charge in [-0.1, -0.05) is 15.9 Å². The standard InChI is InChI=1S/C13H15BrFNO3/c1-16(2)11(13(12(17)18)6-19-7-13)9-5-8(14)3-4-10(9)15/h3-5,11H,6-7H2,1-2H3,(H,17,18). The SMILES string of the molecule is CN(C)C(c1cc(Br)ccc1F)C1(C(=O)O)COC1. The first-order valence-corrected chi connectivity index (χ1v) is 6.60. The number of hydrogen-bond acceptors (Lipinski definition) is 3. The Labute approximate surface area is 119 Å². The number of rotatable bonds is 4. The number of halogens is 2. The smallest absolute Gasteiger partial charge is 0.316 e. The Morgan fingerprint density at radius 2 is 2.16 bits per heavy atom. The van der Waals surface area contributed by atoms with E-state index in [2.05, 4.69) is 15.9 Å². The molecule has 1 heterocycles. The van der Waals surface area contributed by atoms with E-state index in [0.29, 0.717) is 5.56 Å². The highest BCUT2D eigenvalue weighted by Gasteiger charge is 2.54. The zero-order valence-corrected chi connectivity index (χ0v) is 12.3. The number of carboxylic acid groups (broad SMARTS) is 1. The summed E-state index contributed by atoms with van der Waals surface area (Å²) in [4.78, 5) is 13.3. The van der Waals surface area contributed by atoms with Crippen LogP contribution in [-0.4, -0.2) is 43.3 Å². The summed E-state index contributed by atoms with van der Waals surface area (Å²) >= 11 is 3.29.